The van der Waals surface area contributed by atoms with Crippen molar-refractivity contribution in [1.82, 2.24) is 10.2 Å². The summed E-state index contributed by atoms with van der Waals surface area (Å²) in [5, 5.41) is 2.98. The molecule has 0 aliphatic rings. The van der Waals surface area contributed by atoms with Crippen LogP contribution < -0.4 is 9.62 Å². The van der Waals surface area contributed by atoms with Crippen LogP contribution in [0, 0.1) is 0 Å². The van der Waals surface area contributed by atoms with E-state index >= 15 is 0 Å². The van der Waals surface area contributed by atoms with E-state index in [9.17, 15) is 18.0 Å². The third kappa shape index (κ3) is 5.53. The molecular formula is C24H24ClN3O4S. The second-order valence-corrected chi connectivity index (χ2v) is 9.82. The fourth-order valence-corrected chi connectivity index (χ4v) is 4.65. The normalized spacial score (nSPS) is 11.0. The van der Waals surface area contributed by atoms with Crippen LogP contribution in [0.25, 0.3) is 0 Å². The second-order valence-electron chi connectivity index (χ2n) is 7.42. The van der Waals surface area contributed by atoms with Crippen molar-refractivity contribution in [2.45, 2.75) is 11.4 Å². The van der Waals surface area contributed by atoms with Crippen LogP contribution in [0.15, 0.2) is 77.7 Å². The van der Waals surface area contributed by atoms with Gasteiger partial charge in [0.05, 0.1) is 10.6 Å². The number of rotatable bonds is 7. The Hall–Kier alpha value is -3.36. The predicted octanol–water partition coefficient (Wildman–Crippen LogP) is 3.80. The molecule has 0 fully saturated rings. The molecule has 0 bridgehead atoms. The molecule has 0 radical (unpaired) electrons. The van der Waals surface area contributed by atoms with Crippen LogP contribution in [-0.4, -0.2) is 46.3 Å². The van der Waals surface area contributed by atoms with Gasteiger partial charge >= 0.3 is 0 Å². The van der Waals surface area contributed by atoms with Gasteiger partial charge in [-0.25, -0.2) is 8.42 Å². The van der Waals surface area contributed by atoms with Crippen LogP contribution >= 0.6 is 11.6 Å². The number of carbonyl (C=O) groups is 2. The number of carbonyl (C=O) groups excluding carboxylic acids is 2. The molecule has 3 aromatic carbocycles. The number of nitrogens with one attached hydrogen (secondary N) is 1. The maximum Gasteiger partial charge on any atom is 0.264 e. The van der Waals surface area contributed by atoms with Crippen LogP contribution in [0.2, 0.25) is 5.02 Å². The number of amides is 2. The molecule has 0 aromatic heterocycles. The lowest BCUT2D eigenvalue weighted by molar-refractivity contribution is 0.0784. The number of hydrogen-bond donors (Lipinski definition) is 1. The lowest BCUT2D eigenvalue weighted by atomic mass is 10.1. The molecule has 0 saturated carbocycles. The number of benzene rings is 3. The van der Waals surface area contributed by atoms with Crippen molar-refractivity contribution in [3.8, 4) is 0 Å². The van der Waals surface area contributed by atoms with Crippen molar-refractivity contribution < 1.29 is 18.0 Å². The SMILES string of the molecule is CNC(=O)c1ccc(CN(C)C(=O)c2cccc(S(=O)(=O)N(C)c3cccc(Cl)c3)c2)cc1. The molecule has 3 aromatic rings. The highest BCUT2D eigenvalue weighted by atomic mass is 35.5. The summed E-state index contributed by atoms with van der Waals surface area (Å²) in [6.07, 6.45) is 0. The zero-order valence-corrected chi connectivity index (χ0v) is 20.0. The number of anilines is 1. The minimum atomic E-state index is -3.90. The smallest absolute Gasteiger partial charge is 0.264 e. The maximum absolute atomic E-state index is 13.1. The molecule has 3 rings (SSSR count). The van der Waals surface area contributed by atoms with E-state index in [0.717, 1.165) is 9.87 Å². The Morgan fingerprint density at radius 2 is 1.58 bits per heavy atom. The monoisotopic (exact) mass is 485 g/mol. The van der Waals surface area contributed by atoms with E-state index < -0.39 is 10.0 Å². The topological polar surface area (TPSA) is 86.8 Å². The van der Waals surface area contributed by atoms with E-state index in [1.165, 1.54) is 30.1 Å². The van der Waals surface area contributed by atoms with E-state index in [4.69, 9.17) is 11.6 Å². The molecule has 0 aliphatic heterocycles. The largest absolute Gasteiger partial charge is 0.355 e. The van der Waals surface area contributed by atoms with E-state index in [2.05, 4.69) is 5.32 Å². The lowest BCUT2D eigenvalue weighted by Crippen LogP contribution is -2.28. The Balaban J connectivity index is 1.79. The van der Waals surface area contributed by atoms with Crippen molar-refractivity contribution >= 4 is 39.1 Å². The van der Waals surface area contributed by atoms with Crippen LogP contribution in [0.3, 0.4) is 0 Å². The van der Waals surface area contributed by atoms with Gasteiger partial charge in [-0.3, -0.25) is 13.9 Å². The molecule has 33 heavy (non-hydrogen) atoms. The van der Waals surface area contributed by atoms with E-state index in [0.29, 0.717) is 22.8 Å². The van der Waals surface area contributed by atoms with Crippen molar-refractivity contribution in [3.63, 3.8) is 0 Å². The van der Waals surface area contributed by atoms with Gasteiger partial charge in [-0.1, -0.05) is 35.9 Å². The summed E-state index contributed by atoms with van der Waals surface area (Å²) in [6.45, 7) is 0.298. The van der Waals surface area contributed by atoms with Gasteiger partial charge in [-0.15, -0.1) is 0 Å². The number of hydrogen-bond acceptors (Lipinski definition) is 4. The summed E-state index contributed by atoms with van der Waals surface area (Å²) in [5.74, 6) is -0.514. The molecule has 0 unspecified atom stereocenters. The molecule has 2 amide bonds. The lowest BCUT2D eigenvalue weighted by Gasteiger charge is -2.21. The van der Waals surface area contributed by atoms with Crippen molar-refractivity contribution in [3.05, 3.63) is 94.5 Å². The molecule has 0 heterocycles. The zero-order chi connectivity index (χ0) is 24.2. The van der Waals surface area contributed by atoms with Gasteiger partial charge in [-0.05, 0) is 54.1 Å². The summed E-state index contributed by atoms with van der Waals surface area (Å²) < 4.78 is 27.4. The average molecular weight is 486 g/mol. The van der Waals surface area contributed by atoms with Gasteiger partial charge in [0.2, 0.25) is 0 Å². The maximum atomic E-state index is 13.1. The molecule has 9 heteroatoms. The first kappa shape index (κ1) is 24.3. The first-order valence-electron chi connectivity index (χ1n) is 10.0. The summed E-state index contributed by atoms with van der Waals surface area (Å²) in [5.41, 5.74) is 2.02. The third-order valence-electron chi connectivity index (χ3n) is 5.12. The van der Waals surface area contributed by atoms with Gasteiger partial charge < -0.3 is 10.2 Å². The minimum Gasteiger partial charge on any atom is -0.355 e. The summed E-state index contributed by atoms with van der Waals surface area (Å²) in [6, 6.07) is 19.4. The highest BCUT2D eigenvalue weighted by Gasteiger charge is 2.23. The zero-order valence-electron chi connectivity index (χ0n) is 18.4. The van der Waals surface area contributed by atoms with Gasteiger partial charge in [0.25, 0.3) is 21.8 Å². The van der Waals surface area contributed by atoms with E-state index in [-0.39, 0.29) is 22.3 Å². The second kappa shape index (κ2) is 10.1. The van der Waals surface area contributed by atoms with Crippen LogP contribution in [0.5, 0.6) is 0 Å². The van der Waals surface area contributed by atoms with Gasteiger partial charge in [0, 0.05) is 43.8 Å². The fourth-order valence-electron chi connectivity index (χ4n) is 3.23. The van der Waals surface area contributed by atoms with Crippen LogP contribution in [0.1, 0.15) is 26.3 Å². The highest BCUT2D eigenvalue weighted by molar-refractivity contribution is 7.92. The molecule has 1 N–H and O–H groups in total. The van der Waals surface area contributed by atoms with Gasteiger partial charge in [0.15, 0.2) is 0 Å². The fraction of sp³-hybridized carbons (Fsp3) is 0.167. The molecule has 7 nitrogen and oxygen atoms in total. The minimum absolute atomic E-state index is 0.000781. The van der Waals surface area contributed by atoms with Crippen molar-refractivity contribution in [2.24, 2.45) is 0 Å². The number of sulfonamides is 1. The summed E-state index contributed by atoms with van der Waals surface area (Å²) >= 11 is 5.99. The first-order chi connectivity index (χ1) is 15.6. The van der Waals surface area contributed by atoms with E-state index in [1.807, 2.05) is 0 Å². The molecule has 172 valence electrons. The van der Waals surface area contributed by atoms with Gasteiger partial charge in [-0.2, -0.15) is 0 Å². The summed E-state index contributed by atoms with van der Waals surface area (Å²) in [7, 11) is 0.728. The Bertz CT molecular complexity index is 1280. The molecule has 0 saturated heterocycles. The molecular weight excluding hydrogens is 462 g/mol. The summed E-state index contributed by atoms with van der Waals surface area (Å²) in [4.78, 5) is 26.1. The highest BCUT2D eigenvalue weighted by Crippen LogP contribution is 2.25. The van der Waals surface area contributed by atoms with Crippen LogP contribution in [-0.2, 0) is 16.6 Å². The van der Waals surface area contributed by atoms with Crippen molar-refractivity contribution in [2.75, 3.05) is 25.4 Å². The average Bonchev–Trinajstić information content (AvgIpc) is 2.83. The molecule has 0 spiro atoms. The number of halogens is 1. The van der Waals surface area contributed by atoms with Gasteiger partial charge in [0.1, 0.15) is 0 Å². The first-order valence-corrected chi connectivity index (χ1v) is 11.9. The standard InChI is InChI=1S/C24H24ClN3O4S/c1-26-23(29)18-12-10-17(11-13-18)16-27(2)24(30)19-6-4-9-22(14-19)33(31,32)28(3)21-8-5-7-20(25)15-21/h4-15H,16H2,1-3H3,(H,26,29). The van der Waals surface area contributed by atoms with Crippen molar-refractivity contribution in [1.29, 1.82) is 0 Å². The Kier molecular flexibility index (Phi) is 7.40. The van der Waals surface area contributed by atoms with E-state index in [1.54, 1.807) is 68.7 Å². The Morgan fingerprint density at radius 1 is 0.909 bits per heavy atom. The predicted molar refractivity (Wildman–Crippen MR) is 129 cm³/mol. The molecule has 0 atom stereocenters. The molecule has 0 aliphatic carbocycles. The number of nitrogens with zero attached hydrogens (tertiary/aromatic N) is 2. The Labute approximate surface area is 198 Å². The quantitative estimate of drug-likeness (QED) is 0.551. The van der Waals surface area contributed by atoms with Crippen LogP contribution in [0.4, 0.5) is 5.69 Å². The third-order valence-corrected chi connectivity index (χ3v) is 7.14. The Morgan fingerprint density at radius 3 is 2.21 bits per heavy atom.